The topological polar surface area (TPSA) is 93.2 Å². The average molecular weight is 286 g/mol. The number of hydrogen-bond donors (Lipinski definition) is 2. The second-order valence-corrected chi connectivity index (χ2v) is 4.91. The first kappa shape index (κ1) is 15.4. The Morgan fingerprint density at radius 1 is 1.32 bits per heavy atom. The molecule has 19 heavy (non-hydrogen) atoms. The third-order valence-electron chi connectivity index (χ3n) is 2.29. The molecule has 1 heterocycles. The van der Waals surface area contributed by atoms with E-state index in [4.69, 9.17) is 0 Å². The van der Waals surface area contributed by atoms with Gasteiger partial charge in [0.2, 0.25) is 11.0 Å². The first-order valence-corrected chi connectivity index (χ1v) is 6.91. The standard InChI is InChI=1S/C11H18N4O3S/c1-3-4-5-6-9-14-15-10(19-9)13-8(16)7-12-11(17)18-2/h3-7H2,1-2H3,(H,12,17)(H,13,15,16). The summed E-state index contributed by atoms with van der Waals surface area (Å²) in [5, 5.41) is 14.1. The van der Waals surface area contributed by atoms with Crippen molar-refractivity contribution in [1.29, 1.82) is 0 Å². The number of unbranched alkanes of at least 4 members (excludes halogenated alkanes) is 2. The number of carbonyl (C=O) groups excluding carboxylic acids is 2. The zero-order valence-corrected chi connectivity index (χ0v) is 11.9. The van der Waals surface area contributed by atoms with Crippen molar-refractivity contribution in [2.75, 3.05) is 19.0 Å². The van der Waals surface area contributed by atoms with Crippen molar-refractivity contribution >= 4 is 28.5 Å². The van der Waals surface area contributed by atoms with Crippen molar-refractivity contribution in [2.45, 2.75) is 32.6 Å². The van der Waals surface area contributed by atoms with Crippen LogP contribution in [-0.2, 0) is 16.0 Å². The molecule has 2 N–H and O–H groups in total. The minimum Gasteiger partial charge on any atom is -0.453 e. The number of alkyl carbamates (subject to hydrolysis) is 1. The molecule has 0 radical (unpaired) electrons. The third-order valence-corrected chi connectivity index (χ3v) is 3.18. The Kier molecular flexibility index (Phi) is 6.80. The van der Waals surface area contributed by atoms with Crippen molar-refractivity contribution in [1.82, 2.24) is 15.5 Å². The van der Waals surface area contributed by atoms with E-state index >= 15 is 0 Å². The molecule has 0 fully saturated rings. The second-order valence-electron chi connectivity index (χ2n) is 3.85. The number of ether oxygens (including phenoxy) is 1. The van der Waals surface area contributed by atoms with Gasteiger partial charge in [0.05, 0.1) is 7.11 Å². The SMILES string of the molecule is CCCCCc1nnc(NC(=O)CNC(=O)OC)s1. The van der Waals surface area contributed by atoms with Gasteiger partial charge in [-0.1, -0.05) is 31.1 Å². The minimum atomic E-state index is -0.646. The molecule has 0 bridgehead atoms. The molecule has 1 aromatic heterocycles. The molecule has 0 atom stereocenters. The van der Waals surface area contributed by atoms with Crippen LogP contribution in [0.1, 0.15) is 31.2 Å². The lowest BCUT2D eigenvalue weighted by molar-refractivity contribution is -0.115. The van der Waals surface area contributed by atoms with Crippen LogP contribution in [0.2, 0.25) is 0 Å². The quantitative estimate of drug-likeness (QED) is 0.742. The summed E-state index contributed by atoms with van der Waals surface area (Å²) in [6.45, 7) is 1.98. The third kappa shape index (κ3) is 6.14. The molecule has 0 saturated carbocycles. The van der Waals surface area contributed by atoms with E-state index in [9.17, 15) is 9.59 Å². The Hall–Kier alpha value is -1.70. The van der Waals surface area contributed by atoms with Crippen molar-refractivity contribution in [2.24, 2.45) is 0 Å². The van der Waals surface area contributed by atoms with Gasteiger partial charge in [-0.15, -0.1) is 10.2 Å². The van der Waals surface area contributed by atoms with E-state index in [0.29, 0.717) is 5.13 Å². The van der Waals surface area contributed by atoms with E-state index in [2.05, 4.69) is 32.5 Å². The predicted octanol–water partition coefficient (Wildman–Crippen LogP) is 1.57. The molecule has 0 spiro atoms. The number of nitrogens with zero attached hydrogens (tertiary/aromatic N) is 2. The summed E-state index contributed by atoms with van der Waals surface area (Å²) in [7, 11) is 1.24. The largest absolute Gasteiger partial charge is 0.453 e. The van der Waals surface area contributed by atoms with Gasteiger partial charge >= 0.3 is 6.09 Å². The number of rotatable bonds is 7. The van der Waals surface area contributed by atoms with Gasteiger partial charge < -0.3 is 10.1 Å². The van der Waals surface area contributed by atoms with Gasteiger partial charge in [0.1, 0.15) is 11.6 Å². The molecule has 0 aliphatic heterocycles. The van der Waals surface area contributed by atoms with Gasteiger partial charge in [0.25, 0.3) is 0 Å². The fourth-order valence-corrected chi connectivity index (χ4v) is 2.12. The van der Waals surface area contributed by atoms with E-state index in [-0.39, 0.29) is 12.5 Å². The van der Waals surface area contributed by atoms with E-state index in [1.165, 1.54) is 18.4 Å². The Bertz CT molecular complexity index is 422. The highest BCUT2D eigenvalue weighted by Crippen LogP contribution is 2.17. The van der Waals surface area contributed by atoms with Crippen LogP contribution in [0, 0.1) is 0 Å². The highest BCUT2D eigenvalue weighted by atomic mass is 32.1. The van der Waals surface area contributed by atoms with Crippen molar-refractivity contribution in [3.63, 3.8) is 0 Å². The maximum absolute atomic E-state index is 11.5. The zero-order valence-electron chi connectivity index (χ0n) is 11.1. The molecule has 2 amide bonds. The summed E-state index contributed by atoms with van der Waals surface area (Å²) >= 11 is 1.35. The molecule has 7 nitrogen and oxygen atoms in total. The maximum Gasteiger partial charge on any atom is 0.407 e. The lowest BCUT2D eigenvalue weighted by Gasteiger charge is -2.02. The predicted molar refractivity (Wildman–Crippen MR) is 72.2 cm³/mol. The molecule has 1 rings (SSSR count). The number of hydrogen-bond acceptors (Lipinski definition) is 6. The highest BCUT2D eigenvalue weighted by molar-refractivity contribution is 7.15. The highest BCUT2D eigenvalue weighted by Gasteiger charge is 2.09. The number of methoxy groups -OCH3 is 1. The van der Waals surface area contributed by atoms with Crippen LogP contribution in [0.25, 0.3) is 0 Å². The summed E-state index contributed by atoms with van der Waals surface area (Å²) in [6, 6.07) is 0. The summed E-state index contributed by atoms with van der Waals surface area (Å²) in [5.41, 5.74) is 0. The monoisotopic (exact) mass is 286 g/mol. The molecular weight excluding hydrogens is 268 g/mol. The van der Waals surface area contributed by atoms with E-state index in [0.717, 1.165) is 30.7 Å². The lowest BCUT2D eigenvalue weighted by Crippen LogP contribution is -2.32. The minimum absolute atomic E-state index is 0.155. The Morgan fingerprint density at radius 3 is 2.79 bits per heavy atom. The summed E-state index contributed by atoms with van der Waals surface area (Å²) in [6.07, 6.45) is 3.61. The fraction of sp³-hybridized carbons (Fsp3) is 0.636. The van der Waals surface area contributed by atoms with Gasteiger partial charge in [0.15, 0.2) is 0 Å². The molecule has 1 aromatic rings. The first-order chi connectivity index (χ1) is 9.15. The van der Waals surface area contributed by atoms with Crippen LogP contribution in [0.4, 0.5) is 9.93 Å². The number of aromatic nitrogens is 2. The van der Waals surface area contributed by atoms with Gasteiger partial charge in [-0.05, 0) is 6.42 Å². The Morgan fingerprint density at radius 2 is 2.11 bits per heavy atom. The average Bonchev–Trinajstić information content (AvgIpc) is 2.84. The molecule has 0 aliphatic rings. The van der Waals surface area contributed by atoms with E-state index in [1.54, 1.807) is 0 Å². The number of carbonyl (C=O) groups is 2. The van der Waals surface area contributed by atoms with Crippen LogP contribution in [0.3, 0.4) is 0 Å². The Labute approximate surface area is 115 Å². The van der Waals surface area contributed by atoms with Crippen molar-refractivity contribution in [3.8, 4) is 0 Å². The lowest BCUT2D eigenvalue weighted by atomic mass is 10.2. The van der Waals surface area contributed by atoms with E-state index in [1.807, 2.05) is 0 Å². The van der Waals surface area contributed by atoms with Crippen molar-refractivity contribution in [3.05, 3.63) is 5.01 Å². The molecule has 0 aromatic carbocycles. The van der Waals surface area contributed by atoms with E-state index < -0.39 is 6.09 Å². The summed E-state index contributed by atoms with van der Waals surface area (Å²) in [4.78, 5) is 22.2. The second kappa shape index (κ2) is 8.41. The van der Waals surface area contributed by atoms with Crippen molar-refractivity contribution < 1.29 is 14.3 Å². The Balaban J connectivity index is 2.32. The van der Waals surface area contributed by atoms with Crippen LogP contribution >= 0.6 is 11.3 Å². The van der Waals surface area contributed by atoms with Gasteiger partial charge in [-0.2, -0.15) is 0 Å². The molecule has 0 unspecified atom stereocenters. The van der Waals surface area contributed by atoms with Gasteiger partial charge in [-0.3, -0.25) is 10.1 Å². The molecule has 106 valence electrons. The number of amides is 2. The molecule has 8 heteroatoms. The van der Waals surface area contributed by atoms with Crippen LogP contribution < -0.4 is 10.6 Å². The molecule has 0 aliphatic carbocycles. The normalized spacial score (nSPS) is 10.0. The molecular formula is C11H18N4O3S. The van der Waals surface area contributed by atoms with Crippen LogP contribution in [-0.4, -0.2) is 35.9 Å². The maximum atomic E-state index is 11.5. The number of nitrogens with one attached hydrogen (secondary N) is 2. The van der Waals surface area contributed by atoms with Gasteiger partial charge in [0, 0.05) is 6.42 Å². The molecule has 0 saturated heterocycles. The van der Waals surface area contributed by atoms with Crippen LogP contribution in [0.5, 0.6) is 0 Å². The number of aryl methyl sites for hydroxylation is 1. The fourth-order valence-electron chi connectivity index (χ4n) is 1.32. The zero-order chi connectivity index (χ0) is 14.1. The van der Waals surface area contributed by atoms with Crippen LogP contribution in [0.15, 0.2) is 0 Å². The van der Waals surface area contributed by atoms with Gasteiger partial charge in [-0.25, -0.2) is 4.79 Å². The summed E-state index contributed by atoms with van der Waals surface area (Å²) < 4.78 is 4.35. The first-order valence-electron chi connectivity index (χ1n) is 6.09. The summed E-state index contributed by atoms with van der Waals surface area (Å²) in [5.74, 6) is -0.360. The number of anilines is 1. The smallest absolute Gasteiger partial charge is 0.407 e.